The first-order chi connectivity index (χ1) is 18.8. The Morgan fingerprint density at radius 1 is 1.02 bits per heavy atom. The maximum Gasteiger partial charge on any atom is 0.416 e. The van der Waals surface area contributed by atoms with Crippen LogP contribution in [0.1, 0.15) is 39.7 Å². The zero-order valence-electron chi connectivity index (χ0n) is 21.8. The Hall–Kier alpha value is -3.00. The summed E-state index contributed by atoms with van der Waals surface area (Å²) in [6, 6.07) is 6.71. The number of hydrogen-bond donors (Lipinski definition) is 1. The summed E-state index contributed by atoms with van der Waals surface area (Å²) >= 11 is 0. The van der Waals surface area contributed by atoms with Gasteiger partial charge in [-0.1, -0.05) is 12.1 Å². The fourth-order valence-corrected chi connectivity index (χ4v) is 4.62. The van der Waals surface area contributed by atoms with E-state index >= 15 is 0 Å². The first-order valence-electron chi connectivity index (χ1n) is 12.5. The zero-order chi connectivity index (χ0) is 29.1. The van der Waals surface area contributed by atoms with E-state index in [9.17, 15) is 30.7 Å². The minimum absolute atomic E-state index is 0.0939. The predicted octanol–water partition coefficient (Wildman–Crippen LogP) is 5.81. The topological polar surface area (TPSA) is 53.6 Å². The fraction of sp³-hybridized carbons (Fsp3) is 0.444. The summed E-state index contributed by atoms with van der Waals surface area (Å²) < 4.78 is 105. The standard InChI is InChI=1S/C27H29F7N4O2/c1-37(2)14-22-23(36-16-35-22)15-38-8-10-40-25(24(38)18-3-5-21(28)6-4-18)39-9-7-17-11-19(26(29,30)31)13-20(12-17)27(32,33)34/h3-6,11-13,16,24-25H,7-10,14-15H2,1-2H3,(H,35,36). The van der Waals surface area contributed by atoms with Gasteiger partial charge in [-0.25, -0.2) is 9.37 Å². The van der Waals surface area contributed by atoms with Crippen LogP contribution in [0.5, 0.6) is 0 Å². The van der Waals surface area contributed by atoms with E-state index in [2.05, 4.69) is 9.97 Å². The molecule has 3 aromatic rings. The molecule has 2 aromatic carbocycles. The van der Waals surface area contributed by atoms with Crippen molar-refractivity contribution in [2.24, 2.45) is 0 Å². The van der Waals surface area contributed by atoms with Crippen molar-refractivity contribution >= 4 is 0 Å². The number of aromatic amines is 1. The van der Waals surface area contributed by atoms with Gasteiger partial charge in [-0.3, -0.25) is 4.90 Å². The molecule has 13 heteroatoms. The molecule has 2 atom stereocenters. The maximum absolute atomic E-state index is 13.7. The molecule has 0 radical (unpaired) electrons. The van der Waals surface area contributed by atoms with Crippen LogP contribution in [0.4, 0.5) is 30.7 Å². The lowest BCUT2D eigenvalue weighted by Gasteiger charge is -2.41. The van der Waals surface area contributed by atoms with Crippen LogP contribution in [0, 0.1) is 5.82 Å². The molecule has 0 amide bonds. The first-order valence-corrected chi connectivity index (χ1v) is 12.5. The van der Waals surface area contributed by atoms with Crippen molar-refractivity contribution in [3.8, 4) is 0 Å². The van der Waals surface area contributed by atoms with Gasteiger partial charge in [-0.05, 0) is 62.0 Å². The molecule has 2 heterocycles. The molecule has 40 heavy (non-hydrogen) atoms. The van der Waals surface area contributed by atoms with Crippen molar-refractivity contribution in [3.05, 3.63) is 88.3 Å². The first kappa shape index (κ1) is 30.0. The Bertz CT molecular complexity index is 1230. The molecule has 1 N–H and O–H groups in total. The summed E-state index contributed by atoms with van der Waals surface area (Å²) in [6.45, 7) is 1.57. The van der Waals surface area contributed by atoms with Crippen LogP contribution in [0.3, 0.4) is 0 Å². The highest BCUT2D eigenvalue weighted by atomic mass is 19.4. The van der Waals surface area contributed by atoms with E-state index in [0.29, 0.717) is 37.3 Å². The molecule has 218 valence electrons. The molecule has 0 bridgehead atoms. The summed E-state index contributed by atoms with van der Waals surface area (Å²) in [6.07, 6.45) is -9.40. The van der Waals surface area contributed by atoms with E-state index in [1.807, 2.05) is 23.9 Å². The van der Waals surface area contributed by atoms with E-state index in [-0.39, 0.29) is 31.3 Å². The highest BCUT2D eigenvalue weighted by Crippen LogP contribution is 2.37. The van der Waals surface area contributed by atoms with Crippen LogP contribution in [-0.2, 0) is 41.3 Å². The van der Waals surface area contributed by atoms with Gasteiger partial charge in [0.15, 0.2) is 6.29 Å². The van der Waals surface area contributed by atoms with Gasteiger partial charge >= 0.3 is 12.4 Å². The van der Waals surface area contributed by atoms with Crippen molar-refractivity contribution in [2.75, 3.05) is 33.9 Å². The number of aromatic nitrogens is 2. The smallest absolute Gasteiger partial charge is 0.350 e. The number of halogens is 7. The summed E-state index contributed by atoms with van der Waals surface area (Å²) in [5.74, 6) is -0.435. The molecule has 1 fully saturated rings. The normalized spacial score (nSPS) is 18.9. The Morgan fingerprint density at radius 3 is 2.27 bits per heavy atom. The number of H-pyrrole nitrogens is 1. The third kappa shape index (κ3) is 7.59. The lowest BCUT2D eigenvalue weighted by atomic mass is 10.0. The summed E-state index contributed by atoms with van der Waals surface area (Å²) in [7, 11) is 3.85. The number of nitrogens with one attached hydrogen (secondary N) is 1. The second-order valence-corrected chi connectivity index (χ2v) is 9.81. The molecule has 0 aliphatic carbocycles. The highest BCUT2D eigenvalue weighted by molar-refractivity contribution is 5.33. The van der Waals surface area contributed by atoms with E-state index in [1.54, 1.807) is 18.5 Å². The average Bonchev–Trinajstić information content (AvgIpc) is 3.29. The molecular weight excluding hydrogens is 545 g/mol. The number of benzene rings is 2. The molecule has 4 rings (SSSR count). The number of morpholine rings is 1. The molecule has 1 aromatic heterocycles. The van der Waals surface area contributed by atoms with Gasteiger partial charge in [0.1, 0.15) is 5.82 Å². The summed E-state index contributed by atoms with van der Waals surface area (Å²) in [5, 5.41) is 0. The van der Waals surface area contributed by atoms with Crippen LogP contribution < -0.4 is 0 Å². The van der Waals surface area contributed by atoms with Crippen LogP contribution >= 0.6 is 0 Å². The summed E-state index contributed by atoms with van der Waals surface area (Å²) in [5.41, 5.74) is -0.544. The van der Waals surface area contributed by atoms with E-state index in [0.717, 1.165) is 11.4 Å². The van der Waals surface area contributed by atoms with Gasteiger partial charge in [0.05, 0.1) is 48.1 Å². The average molecular weight is 575 g/mol. The number of rotatable bonds is 9. The van der Waals surface area contributed by atoms with Gasteiger partial charge in [0, 0.05) is 19.6 Å². The molecule has 6 nitrogen and oxygen atoms in total. The number of nitrogens with zero attached hydrogens (tertiary/aromatic N) is 3. The molecule has 0 saturated carbocycles. The Morgan fingerprint density at radius 2 is 1.68 bits per heavy atom. The maximum atomic E-state index is 13.7. The quantitative estimate of drug-likeness (QED) is 0.327. The molecule has 1 aliphatic heterocycles. The van der Waals surface area contributed by atoms with Gasteiger partial charge in [-0.2, -0.15) is 26.3 Å². The van der Waals surface area contributed by atoms with Crippen molar-refractivity contribution in [1.82, 2.24) is 19.8 Å². The second kappa shape index (κ2) is 12.2. The van der Waals surface area contributed by atoms with E-state index < -0.39 is 41.6 Å². The fourth-order valence-electron chi connectivity index (χ4n) is 4.62. The lowest BCUT2D eigenvalue weighted by Crippen LogP contribution is -2.46. The lowest BCUT2D eigenvalue weighted by molar-refractivity contribution is -0.212. The predicted molar refractivity (Wildman–Crippen MR) is 131 cm³/mol. The molecule has 1 aliphatic rings. The molecule has 0 spiro atoms. The van der Waals surface area contributed by atoms with Crippen molar-refractivity contribution < 1.29 is 40.2 Å². The van der Waals surface area contributed by atoms with E-state index in [1.165, 1.54) is 12.1 Å². The Balaban J connectivity index is 1.54. The third-order valence-electron chi connectivity index (χ3n) is 6.48. The van der Waals surface area contributed by atoms with Gasteiger partial charge in [-0.15, -0.1) is 0 Å². The SMILES string of the molecule is CN(C)Cc1[nH]cnc1CN1CCOC(OCCc2cc(C(F)(F)F)cc(C(F)(F)F)c2)C1c1ccc(F)cc1. The highest BCUT2D eigenvalue weighted by Gasteiger charge is 2.38. The minimum Gasteiger partial charge on any atom is -0.350 e. The van der Waals surface area contributed by atoms with Crippen LogP contribution in [0.25, 0.3) is 0 Å². The van der Waals surface area contributed by atoms with Crippen LogP contribution in [0.15, 0.2) is 48.8 Å². The number of hydrogen-bond acceptors (Lipinski definition) is 5. The van der Waals surface area contributed by atoms with Gasteiger partial charge in [0.25, 0.3) is 0 Å². The number of imidazole rings is 1. The number of alkyl halides is 6. The second-order valence-electron chi connectivity index (χ2n) is 9.81. The van der Waals surface area contributed by atoms with Crippen molar-refractivity contribution in [3.63, 3.8) is 0 Å². The van der Waals surface area contributed by atoms with Crippen molar-refractivity contribution in [1.29, 1.82) is 0 Å². The molecule has 1 saturated heterocycles. The zero-order valence-corrected chi connectivity index (χ0v) is 21.8. The van der Waals surface area contributed by atoms with Crippen molar-refractivity contribution in [2.45, 2.75) is 44.2 Å². The van der Waals surface area contributed by atoms with Gasteiger partial charge < -0.3 is 19.4 Å². The molecular formula is C27H29F7N4O2. The van der Waals surface area contributed by atoms with Crippen LogP contribution in [0.2, 0.25) is 0 Å². The monoisotopic (exact) mass is 574 g/mol. The largest absolute Gasteiger partial charge is 0.416 e. The summed E-state index contributed by atoms with van der Waals surface area (Å²) in [4.78, 5) is 11.6. The minimum atomic E-state index is -4.94. The molecule has 2 unspecified atom stereocenters. The van der Waals surface area contributed by atoms with Crippen LogP contribution in [-0.4, -0.2) is 59.9 Å². The van der Waals surface area contributed by atoms with E-state index in [4.69, 9.17) is 9.47 Å². The van der Waals surface area contributed by atoms with Gasteiger partial charge in [0.2, 0.25) is 0 Å². The Kier molecular flexibility index (Phi) is 9.18. The number of ether oxygens (including phenoxy) is 2. The third-order valence-corrected chi connectivity index (χ3v) is 6.48. The Labute approximate surface area is 226 Å².